The Kier molecular flexibility index (Phi) is 4.84. The summed E-state index contributed by atoms with van der Waals surface area (Å²) in [7, 11) is 0. The van der Waals surface area contributed by atoms with Crippen LogP contribution in [0.3, 0.4) is 0 Å². The molecule has 0 saturated heterocycles. The van der Waals surface area contributed by atoms with E-state index < -0.39 is 6.10 Å². The second-order valence-corrected chi connectivity index (χ2v) is 6.33. The van der Waals surface area contributed by atoms with Crippen molar-refractivity contribution in [3.8, 4) is 17.2 Å². The maximum atomic E-state index is 12.6. The number of hydrogen-bond acceptors (Lipinski definition) is 5. The van der Waals surface area contributed by atoms with E-state index in [2.05, 4.69) is 5.32 Å². The molecule has 136 valence electrons. The fourth-order valence-corrected chi connectivity index (χ4v) is 2.75. The van der Waals surface area contributed by atoms with Gasteiger partial charge in [-0.1, -0.05) is 17.7 Å². The number of hydrogen-bond donors (Lipinski definition) is 1. The van der Waals surface area contributed by atoms with Gasteiger partial charge in [0.05, 0.1) is 5.69 Å². The Morgan fingerprint density at radius 1 is 1.12 bits per heavy atom. The minimum Gasteiger partial charge on any atom is -0.481 e. The van der Waals surface area contributed by atoms with Gasteiger partial charge in [-0.25, -0.2) is 0 Å². The third-order valence-corrected chi connectivity index (χ3v) is 4.15. The molecule has 3 rings (SSSR count). The van der Waals surface area contributed by atoms with Crippen LogP contribution < -0.4 is 19.5 Å². The average molecular weight is 355 g/mol. The number of aryl methyl sites for hydroxylation is 2. The van der Waals surface area contributed by atoms with Crippen LogP contribution in [0, 0.1) is 13.8 Å². The largest absolute Gasteiger partial charge is 0.481 e. The quantitative estimate of drug-likeness (QED) is 0.829. The van der Waals surface area contributed by atoms with Crippen LogP contribution in [0.2, 0.25) is 0 Å². The van der Waals surface area contributed by atoms with Gasteiger partial charge in [-0.15, -0.1) is 0 Å². The lowest BCUT2D eigenvalue weighted by Gasteiger charge is -2.17. The van der Waals surface area contributed by atoms with Gasteiger partial charge in [-0.2, -0.15) is 0 Å². The lowest BCUT2D eigenvalue weighted by atomic mass is 10.1. The number of carbonyl (C=O) groups is 2. The molecule has 26 heavy (non-hydrogen) atoms. The predicted octanol–water partition coefficient (Wildman–Crippen LogP) is 3.64. The summed E-state index contributed by atoms with van der Waals surface area (Å²) in [4.78, 5) is 24.5. The number of rotatable bonds is 5. The average Bonchev–Trinajstić information content (AvgIpc) is 3.03. The maximum absolute atomic E-state index is 12.6. The summed E-state index contributed by atoms with van der Waals surface area (Å²) in [5.74, 6) is 1.10. The second kappa shape index (κ2) is 7.07. The smallest absolute Gasteiger partial charge is 0.265 e. The lowest BCUT2D eigenvalue weighted by Crippen LogP contribution is -2.30. The van der Waals surface area contributed by atoms with Crippen molar-refractivity contribution in [1.82, 2.24) is 0 Å². The van der Waals surface area contributed by atoms with E-state index in [1.807, 2.05) is 32.0 Å². The van der Waals surface area contributed by atoms with Gasteiger partial charge < -0.3 is 19.5 Å². The molecule has 0 bridgehead atoms. The SMILES string of the molecule is CC(=O)c1cc2c(cc1NC(=O)C(C)Oc1ccc(C)cc1C)OCO2. The Labute approximate surface area is 152 Å². The number of ketones is 1. The van der Waals surface area contributed by atoms with Crippen LogP contribution in [0.5, 0.6) is 17.2 Å². The van der Waals surface area contributed by atoms with Crippen LogP contribution in [-0.2, 0) is 4.79 Å². The number of nitrogens with one attached hydrogen (secondary N) is 1. The van der Waals surface area contributed by atoms with Crippen LogP contribution in [0.15, 0.2) is 30.3 Å². The Balaban J connectivity index is 1.78. The molecule has 1 heterocycles. The first-order valence-corrected chi connectivity index (χ1v) is 8.34. The fraction of sp³-hybridized carbons (Fsp3) is 0.300. The molecule has 2 aromatic carbocycles. The number of benzene rings is 2. The minimum absolute atomic E-state index is 0.0935. The molecule has 0 radical (unpaired) electrons. The van der Waals surface area contributed by atoms with E-state index in [1.165, 1.54) is 6.92 Å². The number of Topliss-reactive ketones (excluding diaryl/α,β-unsaturated/α-hetero) is 1. The van der Waals surface area contributed by atoms with Gasteiger partial charge >= 0.3 is 0 Å². The highest BCUT2D eigenvalue weighted by atomic mass is 16.7. The first kappa shape index (κ1) is 17.8. The summed E-state index contributed by atoms with van der Waals surface area (Å²) < 4.78 is 16.4. The topological polar surface area (TPSA) is 73.9 Å². The summed E-state index contributed by atoms with van der Waals surface area (Å²) in [6.45, 7) is 7.11. The van der Waals surface area contributed by atoms with Crippen molar-refractivity contribution in [2.24, 2.45) is 0 Å². The zero-order chi connectivity index (χ0) is 18.8. The van der Waals surface area contributed by atoms with Crippen molar-refractivity contribution < 1.29 is 23.8 Å². The Morgan fingerprint density at radius 3 is 2.46 bits per heavy atom. The zero-order valence-electron chi connectivity index (χ0n) is 15.2. The van der Waals surface area contributed by atoms with Crippen LogP contribution >= 0.6 is 0 Å². The standard InChI is InChI=1S/C20H21NO5/c1-11-5-6-17(12(2)7-11)26-14(4)20(23)21-16-9-19-18(24-10-25-19)8-15(16)13(3)22/h5-9,14H,10H2,1-4H3,(H,21,23). The molecule has 2 aromatic rings. The minimum atomic E-state index is -0.735. The molecule has 1 aliphatic rings. The van der Waals surface area contributed by atoms with Crippen molar-refractivity contribution in [2.75, 3.05) is 12.1 Å². The van der Waals surface area contributed by atoms with E-state index in [4.69, 9.17) is 14.2 Å². The van der Waals surface area contributed by atoms with Crippen LogP contribution in [0.4, 0.5) is 5.69 Å². The molecule has 0 fully saturated rings. The normalized spacial score (nSPS) is 13.2. The molecule has 0 spiro atoms. The van der Waals surface area contributed by atoms with E-state index in [-0.39, 0.29) is 18.5 Å². The van der Waals surface area contributed by atoms with Crippen LogP contribution in [0.1, 0.15) is 35.3 Å². The van der Waals surface area contributed by atoms with Gasteiger partial charge in [0.2, 0.25) is 6.79 Å². The Morgan fingerprint density at radius 2 is 1.81 bits per heavy atom. The highest BCUT2D eigenvalue weighted by Crippen LogP contribution is 2.37. The van der Waals surface area contributed by atoms with E-state index in [9.17, 15) is 9.59 Å². The molecule has 6 nitrogen and oxygen atoms in total. The Hall–Kier alpha value is -3.02. The van der Waals surface area contributed by atoms with Gasteiger partial charge in [-0.3, -0.25) is 9.59 Å². The summed E-state index contributed by atoms with van der Waals surface area (Å²) in [5.41, 5.74) is 2.82. The van der Waals surface area contributed by atoms with Gasteiger partial charge in [0.1, 0.15) is 5.75 Å². The van der Waals surface area contributed by atoms with Crippen molar-refractivity contribution >= 4 is 17.4 Å². The number of amides is 1. The van der Waals surface area contributed by atoms with Gasteiger partial charge in [-0.05, 0) is 45.4 Å². The Bertz CT molecular complexity index is 875. The lowest BCUT2D eigenvalue weighted by molar-refractivity contribution is -0.122. The van der Waals surface area contributed by atoms with Crippen molar-refractivity contribution in [3.63, 3.8) is 0 Å². The third kappa shape index (κ3) is 3.64. The number of fused-ring (bicyclic) bond motifs is 1. The molecule has 0 aromatic heterocycles. The van der Waals surface area contributed by atoms with Gasteiger partial charge in [0, 0.05) is 11.6 Å². The predicted molar refractivity (Wildman–Crippen MR) is 97.2 cm³/mol. The molecule has 1 N–H and O–H groups in total. The molecule has 0 saturated carbocycles. The number of carbonyl (C=O) groups excluding carboxylic acids is 2. The first-order valence-electron chi connectivity index (χ1n) is 8.34. The fourth-order valence-electron chi connectivity index (χ4n) is 2.75. The molecule has 1 amide bonds. The zero-order valence-corrected chi connectivity index (χ0v) is 15.2. The summed E-state index contributed by atoms with van der Waals surface area (Å²) in [6.07, 6.45) is -0.735. The third-order valence-electron chi connectivity index (χ3n) is 4.15. The molecular formula is C20H21NO5. The molecule has 1 aliphatic heterocycles. The maximum Gasteiger partial charge on any atom is 0.265 e. The summed E-state index contributed by atoms with van der Waals surface area (Å²) in [6, 6.07) is 8.94. The van der Waals surface area contributed by atoms with Crippen molar-refractivity contribution in [1.29, 1.82) is 0 Å². The monoisotopic (exact) mass is 355 g/mol. The summed E-state index contributed by atoms with van der Waals surface area (Å²) in [5, 5.41) is 2.75. The summed E-state index contributed by atoms with van der Waals surface area (Å²) >= 11 is 0. The van der Waals surface area contributed by atoms with E-state index in [1.54, 1.807) is 19.1 Å². The molecule has 6 heteroatoms. The second-order valence-electron chi connectivity index (χ2n) is 6.33. The van der Waals surface area contributed by atoms with Crippen LogP contribution in [0.25, 0.3) is 0 Å². The number of anilines is 1. The van der Waals surface area contributed by atoms with Crippen molar-refractivity contribution in [3.05, 3.63) is 47.0 Å². The van der Waals surface area contributed by atoms with Gasteiger partial charge in [0.15, 0.2) is 23.4 Å². The first-order chi connectivity index (χ1) is 12.3. The van der Waals surface area contributed by atoms with E-state index in [0.717, 1.165) is 11.1 Å². The molecule has 1 atom stereocenters. The highest BCUT2D eigenvalue weighted by molar-refractivity contribution is 6.05. The van der Waals surface area contributed by atoms with Crippen molar-refractivity contribution in [2.45, 2.75) is 33.8 Å². The molecule has 1 unspecified atom stereocenters. The van der Waals surface area contributed by atoms with Gasteiger partial charge in [0.25, 0.3) is 5.91 Å². The van der Waals surface area contributed by atoms with E-state index >= 15 is 0 Å². The molecule has 0 aliphatic carbocycles. The number of ether oxygens (including phenoxy) is 3. The highest BCUT2D eigenvalue weighted by Gasteiger charge is 2.23. The van der Waals surface area contributed by atoms with E-state index in [0.29, 0.717) is 28.5 Å². The van der Waals surface area contributed by atoms with Crippen LogP contribution in [-0.4, -0.2) is 24.6 Å². The molecular weight excluding hydrogens is 334 g/mol.